The van der Waals surface area contributed by atoms with E-state index in [1.807, 2.05) is 6.92 Å². The highest BCUT2D eigenvalue weighted by Gasteiger charge is 2.35. The van der Waals surface area contributed by atoms with Crippen molar-refractivity contribution in [1.82, 2.24) is 4.90 Å². The molecule has 2 N–H and O–H groups in total. The largest absolute Gasteiger partial charge is 0.368 e. The number of amides is 2. The fourth-order valence-electron chi connectivity index (χ4n) is 2.29. The monoisotopic (exact) mass is 228 g/mol. The first-order valence-electron chi connectivity index (χ1n) is 5.68. The lowest BCUT2D eigenvalue weighted by Gasteiger charge is -2.24. The van der Waals surface area contributed by atoms with Gasteiger partial charge in [-0.1, -0.05) is 27.7 Å². The van der Waals surface area contributed by atoms with Gasteiger partial charge >= 0.3 is 0 Å². The summed E-state index contributed by atoms with van der Waals surface area (Å²) in [6, 6.07) is -0.403. The second-order valence-corrected chi connectivity index (χ2v) is 4.23. The van der Waals surface area contributed by atoms with Gasteiger partial charge in [-0.3, -0.25) is 9.59 Å². The fourth-order valence-corrected chi connectivity index (χ4v) is 2.29. The van der Waals surface area contributed by atoms with Gasteiger partial charge in [0, 0.05) is 13.0 Å². The van der Waals surface area contributed by atoms with E-state index in [0.29, 0.717) is 25.3 Å². The van der Waals surface area contributed by atoms with Crippen LogP contribution in [0, 0.1) is 5.92 Å². The smallest absolute Gasteiger partial charge is 0.240 e. The van der Waals surface area contributed by atoms with Gasteiger partial charge < -0.3 is 10.6 Å². The van der Waals surface area contributed by atoms with Crippen molar-refractivity contribution < 1.29 is 9.59 Å². The molecule has 0 radical (unpaired) electrons. The number of nitrogens with zero attached hydrogens (tertiary/aromatic N) is 1. The van der Waals surface area contributed by atoms with Crippen LogP contribution in [0.3, 0.4) is 0 Å². The molecule has 0 aromatic rings. The minimum atomic E-state index is -0.403. The van der Waals surface area contributed by atoms with Gasteiger partial charge in [-0.15, -0.1) is 0 Å². The Labute approximate surface area is 98.2 Å². The highest BCUT2D eigenvalue weighted by atomic mass is 16.2. The highest BCUT2D eigenvalue weighted by molar-refractivity contribution is 5.87. The van der Waals surface area contributed by atoms with E-state index in [-0.39, 0.29) is 19.2 Å². The SMILES string of the molecule is C.CCCC1CC(=O)N(C(CC)C(N)=O)C1. The molecule has 2 atom stereocenters. The molecular formula is C12H24N2O2. The van der Waals surface area contributed by atoms with Crippen molar-refractivity contribution in [3.8, 4) is 0 Å². The van der Waals surface area contributed by atoms with E-state index in [2.05, 4.69) is 6.92 Å². The third kappa shape index (κ3) is 3.22. The Morgan fingerprint density at radius 3 is 2.62 bits per heavy atom. The molecule has 1 fully saturated rings. The van der Waals surface area contributed by atoms with Crippen molar-refractivity contribution >= 4 is 11.8 Å². The normalized spacial score (nSPS) is 21.8. The minimum absolute atomic E-state index is 0. The van der Waals surface area contributed by atoms with Crippen LogP contribution in [0.5, 0.6) is 0 Å². The van der Waals surface area contributed by atoms with Gasteiger partial charge in [0.1, 0.15) is 6.04 Å². The third-order valence-corrected chi connectivity index (χ3v) is 3.03. The quantitative estimate of drug-likeness (QED) is 0.775. The van der Waals surface area contributed by atoms with E-state index < -0.39 is 6.04 Å². The molecular weight excluding hydrogens is 204 g/mol. The Bertz CT molecular complexity index is 253. The van der Waals surface area contributed by atoms with E-state index in [1.165, 1.54) is 0 Å². The average molecular weight is 228 g/mol. The molecule has 0 aromatic heterocycles. The van der Waals surface area contributed by atoms with E-state index in [9.17, 15) is 9.59 Å². The van der Waals surface area contributed by atoms with Gasteiger partial charge in [-0.05, 0) is 18.8 Å². The zero-order valence-electron chi connectivity index (χ0n) is 9.53. The number of hydrogen-bond acceptors (Lipinski definition) is 2. The third-order valence-electron chi connectivity index (χ3n) is 3.03. The number of primary amides is 1. The van der Waals surface area contributed by atoms with Gasteiger partial charge in [0.25, 0.3) is 0 Å². The molecule has 1 aliphatic heterocycles. The Hall–Kier alpha value is -1.06. The van der Waals surface area contributed by atoms with Crippen LogP contribution in [0.1, 0.15) is 47.0 Å². The zero-order valence-corrected chi connectivity index (χ0v) is 9.53. The summed E-state index contributed by atoms with van der Waals surface area (Å²) in [6.07, 6.45) is 3.33. The second kappa shape index (κ2) is 6.51. The molecule has 1 heterocycles. The molecule has 1 rings (SSSR count). The lowest BCUT2D eigenvalue weighted by molar-refractivity contribution is -0.136. The van der Waals surface area contributed by atoms with E-state index >= 15 is 0 Å². The van der Waals surface area contributed by atoms with Crippen molar-refractivity contribution in [2.24, 2.45) is 11.7 Å². The van der Waals surface area contributed by atoms with Gasteiger partial charge in [0.15, 0.2) is 0 Å². The summed E-state index contributed by atoms with van der Waals surface area (Å²) in [4.78, 5) is 24.5. The Balaban J connectivity index is 0.00000225. The van der Waals surface area contributed by atoms with Gasteiger partial charge in [0.2, 0.25) is 11.8 Å². The number of rotatable bonds is 5. The molecule has 0 saturated carbocycles. The number of hydrogen-bond donors (Lipinski definition) is 1. The maximum atomic E-state index is 11.7. The summed E-state index contributed by atoms with van der Waals surface area (Å²) in [5, 5.41) is 0. The van der Waals surface area contributed by atoms with Crippen LogP contribution in [0.25, 0.3) is 0 Å². The lowest BCUT2D eigenvalue weighted by Crippen LogP contribution is -2.45. The molecule has 94 valence electrons. The van der Waals surface area contributed by atoms with Gasteiger partial charge in [0.05, 0.1) is 0 Å². The van der Waals surface area contributed by atoms with E-state index in [4.69, 9.17) is 5.73 Å². The molecule has 1 aliphatic rings. The van der Waals surface area contributed by atoms with Gasteiger partial charge in [-0.2, -0.15) is 0 Å². The standard InChI is InChI=1S/C11H20N2O2.CH4/c1-3-5-8-6-10(14)13(7-8)9(4-2)11(12)15;/h8-9H,3-7H2,1-2H3,(H2,12,15);1H4. The number of nitrogens with two attached hydrogens (primary N) is 1. The Morgan fingerprint density at radius 2 is 2.19 bits per heavy atom. The summed E-state index contributed by atoms with van der Waals surface area (Å²) >= 11 is 0. The fraction of sp³-hybridized carbons (Fsp3) is 0.833. The summed E-state index contributed by atoms with van der Waals surface area (Å²) in [5.74, 6) is 0.109. The van der Waals surface area contributed by atoms with E-state index in [1.54, 1.807) is 4.90 Å². The van der Waals surface area contributed by atoms with Crippen molar-refractivity contribution in [2.45, 2.75) is 53.0 Å². The molecule has 1 saturated heterocycles. The first-order chi connectivity index (χ1) is 7.10. The van der Waals surface area contributed by atoms with Crippen molar-refractivity contribution in [1.29, 1.82) is 0 Å². The van der Waals surface area contributed by atoms with Crippen molar-refractivity contribution in [3.63, 3.8) is 0 Å². The maximum absolute atomic E-state index is 11.7. The predicted octanol–water partition coefficient (Wildman–Crippen LogP) is 1.53. The van der Waals surface area contributed by atoms with Crippen LogP contribution >= 0.6 is 0 Å². The highest BCUT2D eigenvalue weighted by Crippen LogP contribution is 2.24. The maximum Gasteiger partial charge on any atom is 0.240 e. The average Bonchev–Trinajstić information content (AvgIpc) is 2.49. The van der Waals surface area contributed by atoms with Crippen LogP contribution in [0.4, 0.5) is 0 Å². The van der Waals surface area contributed by atoms with Crippen molar-refractivity contribution in [3.05, 3.63) is 0 Å². The first-order valence-corrected chi connectivity index (χ1v) is 5.68. The summed E-state index contributed by atoms with van der Waals surface area (Å²) in [6.45, 7) is 4.70. The zero-order chi connectivity index (χ0) is 11.4. The number of carbonyl (C=O) groups excluding carboxylic acids is 2. The van der Waals surface area contributed by atoms with E-state index in [0.717, 1.165) is 12.8 Å². The Morgan fingerprint density at radius 1 is 1.56 bits per heavy atom. The van der Waals surface area contributed by atoms with Crippen LogP contribution in [0.2, 0.25) is 0 Å². The summed E-state index contributed by atoms with van der Waals surface area (Å²) in [7, 11) is 0. The molecule has 4 nitrogen and oxygen atoms in total. The van der Waals surface area contributed by atoms with Crippen LogP contribution < -0.4 is 5.73 Å². The molecule has 0 aliphatic carbocycles. The molecule has 0 aromatic carbocycles. The van der Waals surface area contributed by atoms with Crippen LogP contribution in [-0.2, 0) is 9.59 Å². The number of likely N-dealkylation sites (tertiary alicyclic amines) is 1. The predicted molar refractivity (Wildman–Crippen MR) is 64.7 cm³/mol. The van der Waals surface area contributed by atoms with Crippen LogP contribution in [0.15, 0.2) is 0 Å². The summed E-state index contributed by atoms with van der Waals surface area (Å²) < 4.78 is 0. The molecule has 0 bridgehead atoms. The minimum Gasteiger partial charge on any atom is -0.368 e. The molecule has 0 spiro atoms. The van der Waals surface area contributed by atoms with Gasteiger partial charge in [-0.25, -0.2) is 0 Å². The Kier molecular flexibility index (Phi) is 6.08. The topological polar surface area (TPSA) is 63.4 Å². The molecule has 16 heavy (non-hydrogen) atoms. The number of carbonyl (C=O) groups is 2. The van der Waals surface area contributed by atoms with Crippen molar-refractivity contribution in [2.75, 3.05) is 6.54 Å². The lowest BCUT2D eigenvalue weighted by atomic mass is 10.0. The molecule has 2 unspecified atom stereocenters. The second-order valence-electron chi connectivity index (χ2n) is 4.23. The van der Waals surface area contributed by atoms with Crippen LogP contribution in [-0.4, -0.2) is 29.3 Å². The molecule has 2 amide bonds. The first kappa shape index (κ1) is 14.9. The summed E-state index contributed by atoms with van der Waals surface area (Å²) in [5.41, 5.74) is 5.28. The molecule has 4 heteroatoms.